The van der Waals surface area contributed by atoms with Crippen molar-refractivity contribution < 1.29 is 90.4 Å². The van der Waals surface area contributed by atoms with Gasteiger partial charge in [0.25, 0.3) is 0 Å². The fourth-order valence-electron chi connectivity index (χ4n) is 3.26. The van der Waals surface area contributed by atoms with Crippen LogP contribution in [-0.2, 0) is 82.6 Å². The van der Waals surface area contributed by atoms with Crippen molar-refractivity contribution in [3.63, 3.8) is 0 Å². The predicted molar refractivity (Wildman–Crippen MR) is 119 cm³/mol. The third-order valence-corrected chi connectivity index (χ3v) is 5.98. The van der Waals surface area contributed by atoms with Crippen molar-refractivity contribution in [1.29, 1.82) is 0 Å². The van der Waals surface area contributed by atoms with Crippen LogP contribution in [0.5, 0.6) is 0 Å². The standard InChI is InChI=1S/C14H19O9Se.C6H12O5S.Au/c1-6(15)19-5-10-11(20-7(2)16)12(21-8(3)17)13(14(24)23-10)22-9(4)18;7-1-2-3(8)4(9)5(10)6(12)11-2;/h10-14H,5H2,1-4H3;2-10,12H,1H2;/q;;+1/p-1. The Hall–Kier alpha value is -0.750. The zero-order chi connectivity index (χ0) is 27.7. The molecule has 0 spiro atoms. The van der Waals surface area contributed by atoms with Crippen molar-refractivity contribution in [2.75, 3.05) is 13.2 Å². The third-order valence-electron chi connectivity index (χ3n) is 4.80. The Kier molecular flexibility index (Phi) is 16.7. The van der Waals surface area contributed by atoms with E-state index in [2.05, 4.69) is 28.6 Å². The smallest absolute Gasteiger partial charge is 0.759 e. The fourth-order valence-corrected chi connectivity index (χ4v) is 4.30. The Bertz CT molecular complexity index is 771. The normalized spacial score (nSPS) is 35.0. The first-order chi connectivity index (χ1) is 16.7. The van der Waals surface area contributed by atoms with Crippen molar-refractivity contribution in [1.82, 2.24) is 0 Å². The summed E-state index contributed by atoms with van der Waals surface area (Å²) in [5.74, 6) is -2.49. The number of aliphatic hydroxyl groups is 4. The minimum Gasteiger partial charge on any atom is -0.759 e. The van der Waals surface area contributed by atoms with Crippen LogP contribution in [0.15, 0.2) is 0 Å². The molecular formula is C20H30AuO14SSe. The molecule has 2 aliphatic heterocycles. The molecule has 0 bridgehead atoms. The number of carbonyl (C=O) groups excluding carboxylic acids is 4. The van der Waals surface area contributed by atoms with E-state index in [9.17, 15) is 24.3 Å². The molecule has 0 saturated carbocycles. The number of aliphatic hydroxyl groups excluding tert-OH is 4. The van der Waals surface area contributed by atoms with Gasteiger partial charge in [-0.15, -0.1) is 0 Å². The van der Waals surface area contributed by atoms with Crippen LogP contribution < -0.4 is 0 Å². The summed E-state index contributed by atoms with van der Waals surface area (Å²) in [5, 5.41) is 35.3. The molecule has 2 saturated heterocycles. The van der Waals surface area contributed by atoms with E-state index >= 15 is 0 Å². The molecule has 0 amide bonds. The maximum absolute atomic E-state index is 11.4. The van der Waals surface area contributed by atoms with Crippen molar-refractivity contribution in [2.24, 2.45) is 0 Å². The fraction of sp³-hybridized carbons (Fsp3) is 0.800. The van der Waals surface area contributed by atoms with Gasteiger partial charge < -0.3 is 37.8 Å². The molecule has 14 nitrogen and oxygen atoms in total. The van der Waals surface area contributed by atoms with Crippen molar-refractivity contribution >= 4 is 52.5 Å². The molecule has 0 aromatic carbocycles. The van der Waals surface area contributed by atoms with E-state index in [0.29, 0.717) is 0 Å². The van der Waals surface area contributed by atoms with Gasteiger partial charge in [0.1, 0.15) is 18.3 Å². The maximum Gasteiger partial charge on any atom is 1.00 e. The molecule has 10 unspecified atom stereocenters. The molecule has 10 atom stereocenters. The Morgan fingerprint density at radius 2 is 1.24 bits per heavy atom. The van der Waals surface area contributed by atoms with Gasteiger partial charge in [0, 0.05) is 0 Å². The van der Waals surface area contributed by atoms with Gasteiger partial charge in [0.05, 0.1) is 12.7 Å². The van der Waals surface area contributed by atoms with Gasteiger partial charge in [-0.05, 0) is 5.44 Å². The Labute approximate surface area is 242 Å². The van der Waals surface area contributed by atoms with Gasteiger partial charge in [0.2, 0.25) is 0 Å². The van der Waals surface area contributed by atoms with Crippen LogP contribution in [0.4, 0.5) is 0 Å². The molecule has 4 N–H and O–H groups in total. The molecule has 2 aliphatic rings. The zero-order valence-electron chi connectivity index (χ0n) is 20.2. The van der Waals surface area contributed by atoms with E-state index in [1.807, 2.05) is 0 Å². The largest absolute Gasteiger partial charge is 1.00 e. The van der Waals surface area contributed by atoms with Gasteiger partial charge in [-0.3, -0.25) is 0 Å². The summed E-state index contributed by atoms with van der Waals surface area (Å²) in [5.41, 5.74) is -0.986. The summed E-state index contributed by atoms with van der Waals surface area (Å²) >= 11 is 7.29. The zero-order valence-corrected chi connectivity index (χ0v) is 24.9. The summed E-state index contributed by atoms with van der Waals surface area (Å²) < 4.78 is 30.8. The molecule has 17 heteroatoms. The van der Waals surface area contributed by atoms with E-state index in [1.165, 1.54) is 27.7 Å². The summed E-state index contributed by atoms with van der Waals surface area (Å²) in [6.45, 7) is 4.07. The van der Waals surface area contributed by atoms with Crippen molar-refractivity contribution in [2.45, 2.75) is 87.0 Å². The topological polar surface area (TPSA) is 205 Å². The SMILES string of the molecule is CC(=O)OCC1OC([Se])C(OC(C)=O)C(OC(C)=O)C1OC(C)=O.OCC1OC([S-])C(O)C(O)C1O.[Au+]. The van der Waals surface area contributed by atoms with E-state index in [-0.39, 0.29) is 29.0 Å². The van der Waals surface area contributed by atoms with E-state index in [0.717, 1.165) is 0 Å². The minimum absolute atomic E-state index is 0. The number of esters is 4. The molecular weight excluding hydrogens is 772 g/mol. The number of ether oxygens (including phenoxy) is 6. The van der Waals surface area contributed by atoms with Gasteiger partial charge >= 0.3 is 169 Å². The Balaban J connectivity index is 0.000000837. The van der Waals surface area contributed by atoms with Crippen LogP contribution in [0.2, 0.25) is 0 Å². The molecule has 2 rings (SSSR count). The summed E-state index contributed by atoms with van der Waals surface area (Å²) in [6, 6.07) is 0. The number of hydrogen-bond donors (Lipinski definition) is 4. The molecule has 2 fully saturated rings. The van der Waals surface area contributed by atoms with E-state index in [1.54, 1.807) is 0 Å². The second-order valence-corrected chi connectivity index (χ2v) is 9.20. The Morgan fingerprint density at radius 1 is 0.757 bits per heavy atom. The number of carbonyl (C=O) groups is 4. The molecule has 217 valence electrons. The molecule has 2 heterocycles. The third kappa shape index (κ3) is 11.5. The average molecular weight is 802 g/mol. The van der Waals surface area contributed by atoms with Crippen LogP contribution in [0.25, 0.3) is 0 Å². The van der Waals surface area contributed by atoms with Crippen molar-refractivity contribution in [3.8, 4) is 0 Å². The summed E-state index contributed by atoms with van der Waals surface area (Å²) in [6.07, 6.45) is -8.98. The Morgan fingerprint density at radius 3 is 1.70 bits per heavy atom. The van der Waals surface area contributed by atoms with Gasteiger partial charge in [-0.2, -0.15) is 0 Å². The second kappa shape index (κ2) is 17.0. The molecule has 1 radical (unpaired) electrons. The van der Waals surface area contributed by atoms with Gasteiger partial charge in [0.15, 0.2) is 0 Å². The maximum atomic E-state index is 11.4. The van der Waals surface area contributed by atoms with Crippen LogP contribution >= 0.6 is 0 Å². The molecule has 37 heavy (non-hydrogen) atoms. The summed E-state index contributed by atoms with van der Waals surface area (Å²) in [7, 11) is 0. The number of rotatable bonds is 6. The molecule has 0 aromatic rings. The first-order valence-corrected chi connectivity index (χ1v) is 12.1. The first-order valence-electron chi connectivity index (χ1n) is 10.6. The summed E-state index contributed by atoms with van der Waals surface area (Å²) in [4.78, 5) is 45.1. The second-order valence-electron chi connectivity index (χ2n) is 7.76. The van der Waals surface area contributed by atoms with Crippen LogP contribution in [0, 0.1) is 0 Å². The minimum atomic E-state index is -1.35. The quantitative estimate of drug-likeness (QED) is 0.0894. The number of hydrogen-bond acceptors (Lipinski definition) is 15. The van der Waals surface area contributed by atoms with Crippen molar-refractivity contribution in [3.05, 3.63) is 0 Å². The first kappa shape index (κ1) is 36.2. The predicted octanol–water partition coefficient (Wildman–Crippen LogP) is -3.43. The van der Waals surface area contributed by atoms with Gasteiger partial charge in [-0.1, -0.05) is 0 Å². The molecule has 0 aliphatic carbocycles. The molecule has 0 aromatic heterocycles. The van der Waals surface area contributed by atoms with Crippen LogP contribution in [0.3, 0.4) is 0 Å². The van der Waals surface area contributed by atoms with Crippen LogP contribution in [0.1, 0.15) is 27.7 Å². The van der Waals surface area contributed by atoms with Crippen LogP contribution in [-0.4, -0.2) is 133 Å². The van der Waals surface area contributed by atoms with Gasteiger partial charge in [-0.25, -0.2) is 0 Å². The average Bonchev–Trinajstić information content (AvgIpc) is 2.77. The monoisotopic (exact) mass is 803 g/mol. The van der Waals surface area contributed by atoms with E-state index in [4.69, 9.17) is 43.7 Å². The van der Waals surface area contributed by atoms with E-state index < -0.39 is 89.8 Å².